The lowest BCUT2D eigenvalue weighted by Gasteiger charge is -2.08. The number of carbonyl (C=O) groups is 1. The fourth-order valence-electron chi connectivity index (χ4n) is 2.36. The Morgan fingerprint density at radius 1 is 1.27 bits per heavy atom. The summed E-state index contributed by atoms with van der Waals surface area (Å²) in [6.45, 7) is 0.0408. The van der Waals surface area contributed by atoms with Crippen LogP contribution in [0.25, 0.3) is 10.9 Å². The van der Waals surface area contributed by atoms with Gasteiger partial charge >= 0.3 is 5.97 Å². The molecule has 8 nitrogen and oxygen atoms in total. The van der Waals surface area contributed by atoms with Crippen LogP contribution in [0.3, 0.4) is 0 Å². The van der Waals surface area contributed by atoms with Gasteiger partial charge in [0.1, 0.15) is 6.61 Å². The molecule has 2 aromatic carbocycles. The third kappa shape index (κ3) is 3.55. The first-order valence-corrected chi connectivity index (χ1v) is 7.90. The van der Waals surface area contributed by atoms with Crippen molar-refractivity contribution in [2.45, 2.75) is 6.54 Å². The molecule has 132 valence electrons. The molecule has 0 aliphatic carbocycles. The Morgan fingerprint density at radius 3 is 2.77 bits per heavy atom. The number of aromatic nitrogens is 2. The normalized spacial score (nSPS) is 10.7. The summed E-state index contributed by atoms with van der Waals surface area (Å²) < 4.78 is 6.44. The molecule has 0 fully saturated rings. The zero-order chi connectivity index (χ0) is 18.7. The summed E-state index contributed by atoms with van der Waals surface area (Å²) >= 11 is 5.88. The van der Waals surface area contributed by atoms with Gasteiger partial charge in [-0.15, -0.1) is 0 Å². The van der Waals surface area contributed by atoms with Crippen LogP contribution < -0.4 is 5.56 Å². The molecule has 0 radical (unpaired) electrons. The Bertz CT molecular complexity index is 1060. The lowest BCUT2D eigenvalue weighted by molar-refractivity contribution is -0.384. The van der Waals surface area contributed by atoms with Gasteiger partial charge in [-0.1, -0.05) is 23.7 Å². The highest BCUT2D eigenvalue weighted by Crippen LogP contribution is 2.23. The molecule has 0 bridgehead atoms. The summed E-state index contributed by atoms with van der Waals surface area (Å²) in [6, 6.07) is 10.4. The Balaban J connectivity index is 1.68. The second-order valence-corrected chi connectivity index (χ2v) is 5.72. The Hall–Kier alpha value is -3.26. The molecule has 0 N–H and O–H groups in total. The van der Waals surface area contributed by atoms with Gasteiger partial charge in [0, 0.05) is 12.1 Å². The van der Waals surface area contributed by atoms with Crippen molar-refractivity contribution >= 4 is 34.2 Å². The van der Waals surface area contributed by atoms with Crippen LogP contribution in [0.1, 0.15) is 10.4 Å². The fourth-order valence-corrected chi connectivity index (χ4v) is 2.61. The largest absolute Gasteiger partial charge is 0.460 e. The van der Waals surface area contributed by atoms with E-state index in [1.807, 2.05) is 0 Å². The van der Waals surface area contributed by atoms with Crippen LogP contribution >= 0.6 is 11.6 Å². The third-order valence-electron chi connectivity index (χ3n) is 3.68. The van der Waals surface area contributed by atoms with Gasteiger partial charge in [-0.2, -0.15) is 0 Å². The molecular weight excluding hydrogens is 362 g/mol. The fraction of sp³-hybridized carbons (Fsp3) is 0.118. The maximum Gasteiger partial charge on any atom is 0.339 e. The zero-order valence-electron chi connectivity index (χ0n) is 13.3. The van der Waals surface area contributed by atoms with Gasteiger partial charge in [0.05, 0.1) is 39.3 Å². The van der Waals surface area contributed by atoms with Gasteiger partial charge in [-0.05, 0) is 18.2 Å². The number of hydrogen-bond acceptors (Lipinski definition) is 6. The molecule has 26 heavy (non-hydrogen) atoms. The van der Waals surface area contributed by atoms with Crippen molar-refractivity contribution in [1.82, 2.24) is 9.55 Å². The summed E-state index contributed by atoms with van der Waals surface area (Å²) in [6.07, 6.45) is 1.39. The number of nitro benzene ring substituents is 1. The number of esters is 1. The van der Waals surface area contributed by atoms with Crippen LogP contribution in [0, 0.1) is 10.1 Å². The minimum absolute atomic E-state index is 0.0150. The van der Waals surface area contributed by atoms with E-state index in [1.165, 1.54) is 23.0 Å². The number of rotatable bonds is 5. The van der Waals surface area contributed by atoms with Crippen molar-refractivity contribution in [2.24, 2.45) is 0 Å². The van der Waals surface area contributed by atoms with Gasteiger partial charge in [0.2, 0.25) is 0 Å². The van der Waals surface area contributed by atoms with E-state index < -0.39 is 10.9 Å². The molecule has 3 aromatic rings. The number of fused-ring (bicyclic) bond motifs is 1. The van der Waals surface area contributed by atoms with E-state index in [4.69, 9.17) is 16.3 Å². The first-order valence-electron chi connectivity index (χ1n) is 7.52. The summed E-state index contributed by atoms with van der Waals surface area (Å²) in [7, 11) is 0. The van der Waals surface area contributed by atoms with Crippen molar-refractivity contribution in [3.63, 3.8) is 0 Å². The Labute approximate surface area is 151 Å². The average molecular weight is 374 g/mol. The molecule has 0 spiro atoms. The number of para-hydroxylation sites is 1. The van der Waals surface area contributed by atoms with E-state index in [0.717, 1.165) is 6.07 Å². The first-order chi connectivity index (χ1) is 12.5. The first kappa shape index (κ1) is 17.6. The molecule has 3 rings (SSSR count). The number of halogens is 1. The van der Waals surface area contributed by atoms with Crippen LogP contribution in [-0.2, 0) is 11.3 Å². The maximum atomic E-state index is 12.3. The molecule has 0 aliphatic rings. The average Bonchev–Trinajstić information content (AvgIpc) is 2.63. The van der Waals surface area contributed by atoms with E-state index in [9.17, 15) is 19.7 Å². The number of ether oxygens (including phenoxy) is 1. The van der Waals surface area contributed by atoms with Crippen LogP contribution in [0.5, 0.6) is 0 Å². The Kier molecular flexibility index (Phi) is 4.94. The van der Waals surface area contributed by atoms with Gasteiger partial charge in [0.25, 0.3) is 11.2 Å². The predicted octanol–water partition coefficient (Wildman–Crippen LogP) is 2.82. The molecule has 0 atom stereocenters. The molecule has 1 heterocycles. The van der Waals surface area contributed by atoms with Gasteiger partial charge in [0.15, 0.2) is 0 Å². The molecule has 0 amide bonds. The molecule has 1 aromatic heterocycles. The highest BCUT2D eigenvalue weighted by Gasteiger charge is 2.16. The van der Waals surface area contributed by atoms with Gasteiger partial charge < -0.3 is 4.74 Å². The van der Waals surface area contributed by atoms with Crippen LogP contribution in [0.4, 0.5) is 5.69 Å². The van der Waals surface area contributed by atoms with Gasteiger partial charge in [-0.3, -0.25) is 19.5 Å². The van der Waals surface area contributed by atoms with Crippen molar-refractivity contribution < 1.29 is 14.5 Å². The topological polar surface area (TPSA) is 104 Å². The summed E-state index contributed by atoms with van der Waals surface area (Å²) in [5, 5.41) is 11.1. The number of carbonyl (C=O) groups excluding carboxylic acids is 1. The lowest BCUT2D eigenvalue weighted by Crippen LogP contribution is -2.23. The second-order valence-electron chi connectivity index (χ2n) is 5.32. The van der Waals surface area contributed by atoms with Gasteiger partial charge in [-0.25, -0.2) is 9.78 Å². The molecule has 9 heteroatoms. The highest BCUT2D eigenvalue weighted by molar-refractivity contribution is 6.33. The van der Waals surface area contributed by atoms with E-state index in [2.05, 4.69) is 4.98 Å². The number of nitrogens with zero attached hydrogens (tertiary/aromatic N) is 3. The van der Waals surface area contributed by atoms with Crippen molar-refractivity contribution in [3.8, 4) is 0 Å². The zero-order valence-corrected chi connectivity index (χ0v) is 14.0. The standard InChI is InChI=1S/C17H12ClN3O5/c18-14-9-11(21(24)25)5-6-12(14)17(23)26-8-7-20-10-19-15-4-2-1-3-13(15)16(20)22/h1-6,9-10H,7-8H2. The Morgan fingerprint density at radius 2 is 2.04 bits per heavy atom. The molecular formula is C17H12ClN3O5. The quantitative estimate of drug-likeness (QED) is 0.387. The molecule has 0 aliphatic heterocycles. The monoisotopic (exact) mass is 373 g/mol. The van der Waals surface area contributed by atoms with E-state index in [1.54, 1.807) is 24.3 Å². The summed E-state index contributed by atoms with van der Waals surface area (Å²) in [4.78, 5) is 38.6. The van der Waals surface area contributed by atoms with Crippen molar-refractivity contribution in [2.75, 3.05) is 6.61 Å². The minimum atomic E-state index is -0.730. The SMILES string of the molecule is O=C(OCCn1cnc2ccccc2c1=O)c1ccc([N+](=O)[O-])cc1Cl. The number of benzene rings is 2. The highest BCUT2D eigenvalue weighted by atomic mass is 35.5. The third-order valence-corrected chi connectivity index (χ3v) is 3.99. The maximum absolute atomic E-state index is 12.3. The van der Waals surface area contributed by atoms with E-state index in [-0.39, 0.29) is 35.0 Å². The number of non-ortho nitro benzene ring substituents is 1. The predicted molar refractivity (Wildman–Crippen MR) is 94.4 cm³/mol. The lowest BCUT2D eigenvalue weighted by atomic mass is 10.2. The number of nitro groups is 1. The summed E-state index contributed by atoms with van der Waals surface area (Å²) in [5.41, 5.74) is 0.144. The molecule has 0 saturated heterocycles. The molecule has 0 saturated carbocycles. The summed E-state index contributed by atoms with van der Waals surface area (Å²) in [5.74, 6) is -0.730. The van der Waals surface area contributed by atoms with Crippen LogP contribution in [0.2, 0.25) is 5.02 Å². The van der Waals surface area contributed by atoms with Crippen molar-refractivity contribution in [1.29, 1.82) is 0 Å². The van der Waals surface area contributed by atoms with Crippen molar-refractivity contribution in [3.05, 3.63) is 79.8 Å². The molecule has 0 unspecified atom stereocenters. The number of hydrogen-bond donors (Lipinski definition) is 0. The second kappa shape index (κ2) is 7.32. The van der Waals surface area contributed by atoms with Crippen LogP contribution in [-0.4, -0.2) is 27.1 Å². The van der Waals surface area contributed by atoms with E-state index in [0.29, 0.717) is 10.9 Å². The van der Waals surface area contributed by atoms with Crippen LogP contribution in [0.15, 0.2) is 53.6 Å². The van der Waals surface area contributed by atoms with E-state index >= 15 is 0 Å². The smallest absolute Gasteiger partial charge is 0.339 e. The minimum Gasteiger partial charge on any atom is -0.460 e.